The van der Waals surface area contributed by atoms with Gasteiger partial charge in [-0.15, -0.1) is 0 Å². The number of Topliss-reactive ketones (excluding diaryl/α,β-unsaturated/α-hetero) is 1. The van der Waals surface area contributed by atoms with E-state index in [9.17, 15) is 9.59 Å². The second-order valence-corrected chi connectivity index (χ2v) is 3.94. The van der Waals surface area contributed by atoms with Crippen LogP contribution >= 0.6 is 0 Å². The van der Waals surface area contributed by atoms with E-state index in [-0.39, 0.29) is 24.7 Å². The van der Waals surface area contributed by atoms with Gasteiger partial charge < -0.3 is 4.90 Å². The predicted molar refractivity (Wildman–Crippen MR) is 57.9 cm³/mol. The van der Waals surface area contributed by atoms with Gasteiger partial charge >= 0.3 is 0 Å². The Kier molecular flexibility index (Phi) is 2.31. The van der Waals surface area contributed by atoms with Crippen molar-refractivity contribution in [2.75, 3.05) is 11.4 Å². The summed E-state index contributed by atoms with van der Waals surface area (Å²) in [6, 6.07) is 5.87. The summed E-state index contributed by atoms with van der Waals surface area (Å²) in [6.07, 6.45) is 0.0494. The SMILES string of the molecule is Cc1cccc(C)c1N1CC(=O)CC1=O. The molecule has 3 heteroatoms. The smallest absolute Gasteiger partial charge is 0.234 e. The maximum Gasteiger partial charge on any atom is 0.234 e. The summed E-state index contributed by atoms with van der Waals surface area (Å²) in [5.41, 5.74) is 2.98. The fraction of sp³-hybridized carbons (Fsp3) is 0.333. The number of rotatable bonds is 1. The van der Waals surface area contributed by atoms with E-state index in [4.69, 9.17) is 0 Å². The number of carbonyl (C=O) groups is 2. The molecule has 2 rings (SSSR count). The summed E-state index contributed by atoms with van der Waals surface area (Å²) in [7, 11) is 0. The molecule has 1 aromatic rings. The molecule has 1 amide bonds. The topological polar surface area (TPSA) is 37.4 Å². The van der Waals surface area contributed by atoms with Crippen LogP contribution in [0.25, 0.3) is 0 Å². The maximum absolute atomic E-state index is 11.6. The summed E-state index contributed by atoms with van der Waals surface area (Å²) < 4.78 is 0. The Morgan fingerprint density at radius 3 is 2.20 bits per heavy atom. The molecule has 0 bridgehead atoms. The van der Waals surface area contributed by atoms with Crippen molar-refractivity contribution in [3.05, 3.63) is 29.3 Å². The molecule has 0 saturated carbocycles. The number of benzene rings is 1. The van der Waals surface area contributed by atoms with E-state index in [2.05, 4.69) is 0 Å². The summed E-state index contributed by atoms with van der Waals surface area (Å²) in [5, 5.41) is 0. The summed E-state index contributed by atoms with van der Waals surface area (Å²) in [5.74, 6) is -0.0833. The average molecular weight is 203 g/mol. The lowest BCUT2D eigenvalue weighted by Gasteiger charge is -2.19. The van der Waals surface area contributed by atoms with Crippen LogP contribution in [0.1, 0.15) is 17.5 Å². The van der Waals surface area contributed by atoms with E-state index in [1.165, 1.54) is 0 Å². The minimum Gasteiger partial charge on any atom is -0.304 e. The lowest BCUT2D eigenvalue weighted by Crippen LogP contribution is -2.26. The Labute approximate surface area is 88.7 Å². The Morgan fingerprint density at radius 1 is 1.13 bits per heavy atom. The molecule has 0 unspecified atom stereocenters. The third kappa shape index (κ3) is 1.65. The van der Waals surface area contributed by atoms with Crippen molar-refractivity contribution in [3.8, 4) is 0 Å². The number of carbonyl (C=O) groups excluding carboxylic acids is 2. The van der Waals surface area contributed by atoms with Crippen LogP contribution in [0.3, 0.4) is 0 Å². The second kappa shape index (κ2) is 3.50. The van der Waals surface area contributed by atoms with Crippen molar-refractivity contribution in [2.45, 2.75) is 20.3 Å². The van der Waals surface area contributed by atoms with Gasteiger partial charge in [-0.2, -0.15) is 0 Å². The van der Waals surface area contributed by atoms with E-state index < -0.39 is 0 Å². The molecule has 3 nitrogen and oxygen atoms in total. The Hall–Kier alpha value is -1.64. The van der Waals surface area contributed by atoms with Gasteiger partial charge in [0, 0.05) is 5.69 Å². The van der Waals surface area contributed by atoms with Gasteiger partial charge in [0.2, 0.25) is 5.91 Å². The van der Waals surface area contributed by atoms with Crippen LogP contribution in [0.4, 0.5) is 5.69 Å². The third-order valence-electron chi connectivity index (χ3n) is 2.69. The molecule has 0 aromatic heterocycles. The van der Waals surface area contributed by atoms with Crippen molar-refractivity contribution in [2.24, 2.45) is 0 Å². The number of anilines is 1. The minimum absolute atomic E-state index is 0.00246. The second-order valence-electron chi connectivity index (χ2n) is 3.94. The van der Waals surface area contributed by atoms with Gasteiger partial charge in [-0.3, -0.25) is 9.59 Å². The van der Waals surface area contributed by atoms with Crippen molar-refractivity contribution >= 4 is 17.4 Å². The molecular weight excluding hydrogens is 190 g/mol. The van der Waals surface area contributed by atoms with Crippen LogP contribution in [0.15, 0.2) is 18.2 Å². The highest BCUT2D eigenvalue weighted by Crippen LogP contribution is 2.27. The highest BCUT2D eigenvalue weighted by atomic mass is 16.2. The molecule has 1 aliphatic heterocycles. The van der Waals surface area contributed by atoms with E-state index in [1.54, 1.807) is 4.90 Å². The van der Waals surface area contributed by atoms with Crippen LogP contribution in [0.5, 0.6) is 0 Å². The van der Waals surface area contributed by atoms with Crippen LogP contribution < -0.4 is 4.90 Å². The quantitative estimate of drug-likeness (QED) is 0.650. The first kappa shape index (κ1) is 9.90. The normalized spacial score (nSPS) is 16.3. The Balaban J connectivity index is 2.46. The lowest BCUT2D eigenvalue weighted by atomic mass is 10.1. The van der Waals surface area contributed by atoms with Crippen LogP contribution in [0.2, 0.25) is 0 Å². The number of amides is 1. The molecule has 1 heterocycles. The third-order valence-corrected chi connectivity index (χ3v) is 2.69. The van der Waals surface area contributed by atoms with Crippen molar-refractivity contribution in [1.29, 1.82) is 0 Å². The number of ketones is 1. The zero-order chi connectivity index (χ0) is 11.0. The molecule has 1 saturated heterocycles. The van der Waals surface area contributed by atoms with Gasteiger partial charge in [-0.05, 0) is 25.0 Å². The van der Waals surface area contributed by atoms with Gasteiger partial charge in [-0.25, -0.2) is 0 Å². The van der Waals surface area contributed by atoms with Gasteiger partial charge in [0.05, 0.1) is 13.0 Å². The van der Waals surface area contributed by atoms with Gasteiger partial charge in [-0.1, -0.05) is 18.2 Å². The minimum atomic E-state index is -0.0857. The molecule has 1 fully saturated rings. The number of hydrogen-bond acceptors (Lipinski definition) is 2. The largest absolute Gasteiger partial charge is 0.304 e. The average Bonchev–Trinajstić information content (AvgIpc) is 2.45. The summed E-state index contributed by atoms with van der Waals surface area (Å²) in [4.78, 5) is 24.4. The monoisotopic (exact) mass is 203 g/mol. The first-order valence-electron chi connectivity index (χ1n) is 4.98. The fourth-order valence-electron chi connectivity index (χ4n) is 2.02. The van der Waals surface area contributed by atoms with Gasteiger partial charge in [0.25, 0.3) is 0 Å². The Morgan fingerprint density at radius 2 is 1.73 bits per heavy atom. The van der Waals surface area contributed by atoms with E-state index >= 15 is 0 Å². The molecule has 0 spiro atoms. The molecule has 1 aliphatic rings. The Bertz CT molecular complexity index is 417. The molecule has 0 atom stereocenters. The predicted octanol–water partition coefficient (Wildman–Crippen LogP) is 1.61. The summed E-state index contributed by atoms with van der Waals surface area (Å²) >= 11 is 0. The molecule has 0 aliphatic carbocycles. The van der Waals surface area contributed by atoms with Crippen LogP contribution in [-0.2, 0) is 9.59 Å². The highest BCUT2D eigenvalue weighted by molar-refractivity contribution is 6.15. The molecule has 0 radical (unpaired) electrons. The molecule has 78 valence electrons. The zero-order valence-electron chi connectivity index (χ0n) is 8.91. The lowest BCUT2D eigenvalue weighted by molar-refractivity contribution is -0.121. The van der Waals surface area contributed by atoms with E-state index in [0.29, 0.717) is 0 Å². The molecule has 15 heavy (non-hydrogen) atoms. The standard InChI is InChI=1S/C12H13NO2/c1-8-4-3-5-9(2)12(8)13-7-10(14)6-11(13)15/h3-5H,6-7H2,1-2H3. The van der Waals surface area contributed by atoms with Crippen LogP contribution in [-0.4, -0.2) is 18.2 Å². The molecule has 1 aromatic carbocycles. The first-order chi connectivity index (χ1) is 7.09. The molecular formula is C12H13NO2. The van der Waals surface area contributed by atoms with Crippen molar-refractivity contribution < 1.29 is 9.59 Å². The number of nitrogens with zero attached hydrogens (tertiary/aromatic N) is 1. The van der Waals surface area contributed by atoms with Gasteiger partial charge in [0.15, 0.2) is 5.78 Å². The van der Waals surface area contributed by atoms with Crippen molar-refractivity contribution in [3.63, 3.8) is 0 Å². The van der Waals surface area contributed by atoms with Crippen LogP contribution in [0, 0.1) is 13.8 Å². The number of aryl methyl sites for hydroxylation is 2. The highest BCUT2D eigenvalue weighted by Gasteiger charge is 2.30. The molecule has 0 N–H and O–H groups in total. The number of hydrogen-bond donors (Lipinski definition) is 0. The maximum atomic E-state index is 11.6. The fourth-order valence-corrected chi connectivity index (χ4v) is 2.02. The zero-order valence-corrected chi connectivity index (χ0v) is 8.91. The van der Waals surface area contributed by atoms with E-state index in [1.807, 2.05) is 32.0 Å². The van der Waals surface area contributed by atoms with Crippen molar-refractivity contribution in [1.82, 2.24) is 0 Å². The number of para-hydroxylation sites is 1. The first-order valence-corrected chi connectivity index (χ1v) is 4.98. The summed E-state index contributed by atoms with van der Waals surface area (Å²) in [6.45, 7) is 4.14. The van der Waals surface area contributed by atoms with Gasteiger partial charge in [0.1, 0.15) is 0 Å². The van der Waals surface area contributed by atoms with E-state index in [0.717, 1.165) is 16.8 Å².